The number of thiophene rings is 1. The van der Waals surface area contributed by atoms with E-state index in [1.807, 2.05) is 0 Å². The van der Waals surface area contributed by atoms with E-state index < -0.39 is 0 Å². The van der Waals surface area contributed by atoms with Crippen molar-refractivity contribution in [2.45, 2.75) is 45.1 Å². The number of hydrogen-bond donors (Lipinski definition) is 1. The van der Waals surface area contributed by atoms with Crippen molar-refractivity contribution >= 4 is 27.3 Å². The third-order valence-electron chi connectivity index (χ3n) is 3.91. The molecule has 2 N–H and O–H groups in total. The van der Waals surface area contributed by atoms with Crippen molar-refractivity contribution in [1.29, 1.82) is 0 Å². The van der Waals surface area contributed by atoms with E-state index in [0.717, 1.165) is 5.92 Å². The maximum Gasteiger partial charge on any atom is 0.0343 e. The summed E-state index contributed by atoms with van der Waals surface area (Å²) in [4.78, 5) is 0. The van der Waals surface area contributed by atoms with Gasteiger partial charge in [-0.05, 0) is 51.6 Å². The predicted molar refractivity (Wildman–Crippen MR) is 74.7 cm³/mol. The van der Waals surface area contributed by atoms with Gasteiger partial charge in [0.15, 0.2) is 0 Å². The minimum atomic E-state index is 0.231. The summed E-state index contributed by atoms with van der Waals surface area (Å²) in [5.41, 5.74) is 7.72. The topological polar surface area (TPSA) is 26.0 Å². The van der Waals surface area contributed by atoms with Gasteiger partial charge in [-0.1, -0.05) is 26.2 Å². The van der Waals surface area contributed by atoms with E-state index in [0.29, 0.717) is 5.92 Å². The quantitative estimate of drug-likeness (QED) is 0.858. The van der Waals surface area contributed by atoms with Crippen LogP contribution in [0.2, 0.25) is 0 Å². The van der Waals surface area contributed by atoms with E-state index in [1.54, 1.807) is 11.3 Å². The van der Waals surface area contributed by atoms with Gasteiger partial charge >= 0.3 is 0 Å². The molecule has 1 aromatic heterocycles. The highest BCUT2D eigenvalue weighted by atomic mass is 79.9. The van der Waals surface area contributed by atoms with Gasteiger partial charge in [0.05, 0.1) is 0 Å². The first-order valence-corrected chi connectivity index (χ1v) is 7.93. The molecule has 0 spiro atoms. The van der Waals surface area contributed by atoms with E-state index in [-0.39, 0.29) is 6.04 Å². The molecule has 0 bridgehead atoms. The van der Waals surface area contributed by atoms with E-state index in [1.165, 1.54) is 42.1 Å². The Kier molecular flexibility index (Phi) is 4.45. The van der Waals surface area contributed by atoms with Crippen LogP contribution in [0.4, 0.5) is 0 Å². The number of rotatable bonds is 3. The second-order valence-electron chi connectivity index (χ2n) is 4.90. The van der Waals surface area contributed by atoms with Gasteiger partial charge in [0.25, 0.3) is 0 Å². The molecule has 0 aromatic carbocycles. The molecular formula is C13H20BrNS. The van der Waals surface area contributed by atoms with Gasteiger partial charge in [-0.15, -0.1) is 0 Å². The maximum absolute atomic E-state index is 6.41. The molecule has 0 radical (unpaired) electrons. The fourth-order valence-electron chi connectivity index (χ4n) is 2.81. The summed E-state index contributed by atoms with van der Waals surface area (Å²) in [6, 6.07) is 0.231. The van der Waals surface area contributed by atoms with Crippen molar-refractivity contribution in [2.75, 3.05) is 0 Å². The molecule has 3 unspecified atom stereocenters. The van der Waals surface area contributed by atoms with Gasteiger partial charge in [0, 0.05) is 15.9 Å². The van der Waals surface area contributed by atoms with Crippen molar-refractivity contribution in [3.63, 3.8) is 0 Å². The summed E-state index contributed by atoms with van der Waals surface area (Å²) in [5.74, 6) is 1.59. The van der Waals surface area contributed by atoms with E-state index >= 15 is 0 Å². The zero-order valence-corrected chi connectivity index (χ0v) is 12.2. The van der Waals surface area contributed by atoms with Crippen LogP contribution in [0.5, 0.6) is 0 Å². The minimum absolute atomic E-state index is 0.231. The van der Waals surface area contributed by atoms with Gasteiger partial charge in [-0.25, -0.2) is 0 Å². The van der Waals surface area contributed by atoms with Crippen LogP contribution in [-0.2, 0) is 0 Å². The lowest BCUT2D eigenvalue weighted by atomic mass is 9.76. The molecule has 1 aromatic rings. The molecule has 3 heteroatoms. The second kappa shape index (κ2) is 5.65. The van der Waals surface area contributed by atoms with Gasteiger partial charge < -0.3 is 5.73 Å². The zero-order chi connectivity index (χ0) is 11.5. The van der Waals surface area contributed by atoms with Crippen LogP contribution >= 0.6 is 27.3 Å². The average Bonchev–Trinajstić information content (AvgIpc) is 2.74. The van der Waals surface area contributed by atoms with E-state index in [9.17, 15) is 0 Å². The van der Waals surface area contributed by atoms with Crippen LogP contribution in [0.1, 0.15) is 50.6 Å². The molecule has 1 fully saturated rings. The van der Waals surface area contributed by atoms with E-state index in [4.69, 9.17) is 5.73 Å². The first-order valence-electron chi connectivity index (χ1n) is 6.19. The SMILES string of the molecule is CCC1CCCC(C(N)c2cscc2Br)C1. The lowest BCUT2D eigenvalue weighted by Gasteiger charge is -2.32. The summed E-state index contributed by atoms with van der Waals surface area (Å²) in [7, 11) is 0. The van der Waals surface area contributed by atoms with E-state index in [2.05, 4.69) is 33.6 Å². The highest BCUT2D eigenvalue weighted by Gasteiger charge is 2.27. The first kappa shape index (κ1) is 12.6. The van der Waals surface area contributed by atoms with Crippen molar-refractivity contribution in [3.05, 3.63) is 20.8 Å². The molecule has 1 heterocycles. The van der Waals surface area contributed by atoms with Crippen LogP contribution in [0.15, 0.2) is 15.2 Å². The van der Waals surface area contributed by atoms with Crippen LogP contribution in [0.3, 0.4) is 0 Å². The average molecular weight is 302 g/mol. The van der Waals surface area contributed by atoms with Crippen LogP contribution in [0, 0.1) is 11.8 Å². The standard InChI is InChI=1S/C13H20BrNS/c1-2-9-4-3-5-10(6-9)13(15)11-7-16-8-12(11)14/h7-10,13H,2-6,15H2,1H3. The van der Waals surface area contributed by atoms with Gasteiger partial charge in [-0.2, -0.15) is 11.3 Å². The number of hydrogen-bond acceptors (Lipinski definition) is 2. The monoisotopic (exact) mass is 301 g/mol. The van der Waals surface area contributed by atoms with Crippen molar-refractivity contribution in [2.24, 2.45) is 17.6 Å². The number of halogens is 1. The van der Waals surface area contributed by atoms with Crippen LogP contribution < -0.4 is 5.73 Å². The Morgan fingerprint density at radius 3 is 2.94 bits per heavy atom. The molecule has 16 heavy (non-hydrogen) atoms. The highest BCUT2D eigenvalue weighted by molar-refractivity contribution is 9.10. The third kappa shape index (κ3) is 2.69. The Bertz CT molecular complexity index is 336. The summed E-state index contributed by atoms with van der Waals surface area (Å²) in [6.45, 7) is 2.30. The van der Waals surface area contributed by atoms with Crippen LogP contribution in [0.25, 0.3) is 0 Å². The van der Waals surface area contributed by atoms with Gasteiger partial charge in [0.2, 0.25) is 0 Å². The summed E-state index contributed by atoms with van der Waals surface area (Å²) in [5, 5.41) is 4.33. The fourth-order valence-corrected chi connectivity index (χ4v) is 4.42. The second-order valence-corrected chi connectivity index (χ2v) is 6.50. The molecule has 1 aliphatic carbocycles. The maximum atomic E-state index is 6.41. The summed E-state index contributed by atoms with van der Waals surface area (Å²) >= 11 is 5.33. The van der Waals surface area contributed by atoms with Crippen molar-refractivity contribution < 1.29 is 0 Å². The lowest BCUT2D eigenvalue weighted by Crippen LogP contribution is -2.26. The predicted octanol–water partition coefficient (Wildman–Crippen LogP) is 4.73. The highest BCUT2D eigenvalue weighted by Crippen LogP contribution is 2.39. The van der Waals surface area contributed by atoms with Gasteiger partial charge in [0.1, 0.15) is 0 Å². The van der Waals surface area contributed by atoms with Crippen molar-refractivity contribution in [3.8, 4) is 0 Å². The Labute approximate surface area is 111 Å². The first-order chi connectivity index (χ1) is 7.72. The van der Waals surface area contributed by atoms with Gasteiger partial charge in [-0.3, -0.25) is 0 Å². The Morgan fingerprint density at radius 2 is 2.31 bits per heavy atom. The molecule has 0 aliphatic heterocycles. The van der Waals surface area contributed by atoms with Crippen molar-refractivity contribution in [1.82, 2.24) is 0 Å². The largest absolute Gasteiger partial charge is 0.324 e. The zero-order valence-electron chi connectivity index (χ0n) is 9.79. The minimum Gasteiger partial charge on any atom is -0.324 e. The molecule has 3 atom stereocenters. The smallest absolute Gasteiger partial charge is 0.0343 e. The summed E-state index contributed by atoms with van der Waals surface area (Å²) < 4.78 is 1.20. The molecule has 1 saturated carbocycles. The molecule has 2 rings (SSSR count). The Morgan fingerprint density at radius 1 is 1.50 bits per heavy atom. The fraction of sp³-hybridized carbons (Fsp3) is 0.692. The molecule has 1 nitrogen and oxygen atoms in total. The summed E-state index contributed by atoms with van der Waals surface area (Å²) in [6.07, 6.45) is 6.71. The van der Waals surface area contributed by atoms with Crippen LogP contribution in [-0.4, -0.2) is 0 Å². The molecule has 0 amide bonds. The Hall–Kier alpha value is 0.140. The number of nitrogens with two attached hydrogens (primary N) is 1. The lowest BCUT2D eigenvalue weighted by molar-refractivity contribution is 0.230. The normalized spacial score (nSPS) is 27.9. The Balaban J connectivity index is 2.04. The molecular weight excluding hydrogens is 282 g/mol. The molecule has 0 saturated heterocycles. The molecule has 1 aliphatic rings. The molecule has 90 valence electrons. The third-order valence-corrected chi connectivity index (χ3v) is 5.66.